The van der Waals surface area contributed by atoms with Crippen molar-refractivity contribution < 1.29 is 24.2 Å². The first kappa shape index (κ1) is 26.0. The maximum absolute atomic E-state index is 12.1. The Morgan fingerprint density at radius 3 is 2.35 bits per heavy atom. The highest BCUT2D eigenvalue weighted by molar-refractivity contribution is 5.80. The molecule has 0 spiro atoms. The van der Waals surface area contributed by atoms with Gasteiger partial charge in [-0.05, 0) is 60.6 Å². The van der Waals surface area contributed by atoms with Crippen LogP contribution in [-0.4, -0.2) is 47.9 Å². The van der Waals surface area contributed by atoms with Crippen LogP contribution in [0, 0.1) is 5.92 Å². The molecule has 8 heteroatoms. The summed E-state index contributed by atoms with van der Waals surface area (Å²) in [5.74, 6) is 0.272. The van der Waals surface area contributed by atoms with Crippen molar-refractivity contribution in [1.29, 1.82) is 0 Å². The van der Waals surface area contributed by atoms with Crippen LogP contribution in [0.5, 0.6) is 5.75 Å². The Labute approximate surface area is 217 Å². The molecule has 1 aliphatic heterocycles. The number of hydrogen-bond acceptors (Lipinski definition) is 6. The molecule has 3 aromatic rings. The lowest BCUT2D eigenvalue weighted by Gasteiger charge is -2.33. The average Bonchev–Trinajstić information content (AvgIpc) is 2.94. The van der Waals surface area contributed by atoms with Gasteiger partial charge in [0.2, 0.25) is 0 Å². The molecule has 1 atom stereocenters. The largest absolute Gasteiger partial charge is 0.494 e. The molecule has 0 radical (unpaired) electrons. The van der Waals surface area contributed by atoms with Crippen LogP contribution in [0.3, 0.4) is 0 Å². The predicted octanol–water partition coefficient (Wildman–Crippen LogP) is 4.69. The number of ether oxygens (including phenoxy) is 2. The number of anilines is 1. The molecular formula is C29H33N3O5. The Hall–Kier alpha value is -4.07. The Balaban J connectivity index is 1.17. The van der Waals surface area contributed by atoms with E-state index in [-0.39, 0.29) is 13.0 Å². The topological polar surface area (TPSA) is 101 Å². The van der Waals surface area contributed by atoms with E-state index in [9.17, 15) is 14.7 Å². The van der Waals surface area contributed by atoms with Crippen LogP contribution >= 0.6 is 0 Å². The van der Waals surface area contributed by atoms with Gasteiger partial charge in [-0.3, -0.25) is 4.98 Å². The molecule has 37 heavy (non-hydrogen) atoms. The molecule has 194 valence electrons. The van der Waals surface area contributed by atoms with Gasteiger partial charge in [-0.25, -0.2) is 9.59 Å². The molecular weight excluding hydrogens is 470 g/mol. The smallest absolute Gasteiger partial charge is 0.408 e. The molecule has 8 nitrogen and oxygen atoms in total. The molecule has 2 aromatic carbocycles. The quantitative estimate of drug-likeness (QED) is 0.391. The number of carbonyl (C=O) groups is 2. The van der Waals surface area contributed by atoms with E-state index in [1.165, 1.54) is 5.69 Å². The average molecular weight is 504 g/mol. The Morgan fingerprint density at radius 1 is 0.973 bits per heavy atom. The van der Waals surface area contributed by atoms with Gasteiger partial charge in [0.25, 0.3) is 0 Å². The molecule has 1 saturated heterocycles. The van der Waals surface area contributed by atoms with Gasteiger partial charge >= 0.3 is 12.1 Å². The molecule has 0 saturated carbocycles. The summed E-state index contributed by atoms with van der Waals surface area (Å²) >= 11 is 0. The van der Waals surface area contributed by atoms with Crippen LogP contribution in [-0.2, 0) is 22.6 Å². The Kier molecular flexibility index (Phi) is 9.35. The zero-order valence-electron chi connectivity index (χ0n) is 20.8. The Bertz CT molecular complexity index is 1120. The number of rotatable bonds is 11. The third-order valence-corrected chi connectivity index (χ3v) is 6.60. The van der Waals surface area contributed by atoms with Crippen LogP contribution in [0.2, 0.25) is 0 Å². The number of carboxylic acids is 1. The first-order chi connectivity index (χ1) is 18.1. The van der Waals surface area contributed by atoms with Gasteiger partial charge in [0.15, 0.2) is 0 Å². The van der Waals surface area contributed by atoms with Crippen molar-refractivity contribution in [2.45, 2.75) is 38.3 Å². The number of nitrogens with zero attached hydrogens (tertiary/aromatic N) is 2. The van der Waals surface area contributed by atoms with Gasteiger partial charge in [0.1, 0.15) is 18.4 Å². The van der Waals surface area contributed by atoms with E-state index in [4.69, 9.17) is 9.47 Å². The number of aliphatic carboxylic acids is 1. The lowest BCUT2D eigenvalue weighted by atomic mass is 9.93. The molecule has 1 aliphatic rings. The van der Waals surface area contributed by atoms with Crippen LogP contribution in [0.1, 0.15) is 30.4 Å². The lowest BCUT2D eigenvalue weighted by Crippen LogP contribution is -2.42. The summed E-state index contributed by atoms with van der Waals surface area (Å²) < 4.78 is 11.1. The van der Waals surface area contributed by atoms with Crippen LogP contribution in [0.15, 0.2) is 79.1 Å². The summed E-state index contributed by atoms with van der Waals surface area (Å²) in [5.41, 5.74) is 2.84. The van der Waals surface area contributed by atoms with E-state index < -0.39 is 18.1 Å². The normalized spacial score (nSPS) is 14.5. The highest BCUT2D eigenvalue weighted by Crippen LogP contribution is 2.25. The van der Waals surface area contributed by atoms with E-state index in [2.05, 4.69) is 27.3 Å². The van der Waals surface area contributed by atoms with Crippen molar-refractivity contribution in [3.63, 3.8) is 0 Å². The minimum atomic E-state index is -1.12. The van der Waals surface area contributed by atoms with E-state index >= 15 is 0 Å². The van der Waals surface area contributed by atoms with Crippen molar-refractivity contribution >= 4 is 17.7 Å². The molecule has 1 unspecified atom stereocenters. The Morgan fingerprint density at radius 2 is 1.68 bits per heavy atom. The number of alkyl carbamates (subject to hydrolysis) is 1. The lowest BCUT2D eigenvalue weighted by molar-refractivity contribution is -0.139. The second-order valence-corrected chi connectivity index (χ2v) is 9.22. The summed E-state index contributed by atoms with van der Waals surface area (Å²) in [6.45, 7) is 2.81. The number of amides is 1. The maximum Gasteiger partial charge on any atom is 0.408 e. The summed E-state index contributed by atoms with van der Waals surface area (Å²) in [6, 6.07) is 19.6. The van der Waals surface area contributed by atoms with Gasteiger partial charge in [0, 0.05) is 37.6 Å². The molecule has 1 aromatic heterocycles. The number of piperidine rings is 1. The molecule has 1 amide bonds. The summed E-state index contributed by atoms with van der Waals surface area (Å²) in [6.07, 6.45) is 6.33. The fourth-order valence-electron chi connectivity index (χ4n) is 4.44. The number of nitrogens with one attached hydrogen (secondary N) is 1. The minimum Gasteiger partial charge on any atom is -0.494 e. The third-order valence-electron chi connectivity index (χ3n) is 6.60. The number of benzene rings is 2. The molecule has 0 bridgehead atoms. The van der Waals surface area contributed by atoms with E-state index in [1.54, 1.807) is 0 Å². The van der Waals surface area contributed by atoms with Gasteiger partial charge in [-0.15, -0.1) is 0 Å². The van der Waals surface area contributed by atoms with E-state index in [0.29, 0.717) is 12.5 Å². The minimum absolute atomic E-state index is 0.0783. The van der Waals surface area contributed by atoms with E-state index in [1.807, 2.05) is 67.0 Å². The molecule has 2 N–H and O–H groups in total. The van der Waals surface area contributed by atoms with Crippen LogP contribution in [0.4, 0.5) is 10.5 Å². The fraction of sp³-hybridized carbons (Fsp3) is 0.345. The fourth-order valence-corrected chi connectivity index (χ4v) is 4.44. The molecule has 1 fully saturated rings. The monoisotopic (exact) mass is 503 g/mol. The summed E-state index contributed by atoms with van der Waals surface area (Å²) in [7, 11) is 0. The standard InChI is InChI=1S/C29H33N3O5/c33-28(34)27(31-29(35)37-21-24-4-2-1-3-5-24)20-23-6-8-26(9-7-23)36-19-14-22-12-17-32(18-13-22)25-10-15-30-16-11-25/h1-11,15-16,22,27H,12-14,17-21H2,(H,31,35)(H,33,34). The number of hydrogen-bond donors (Lipinski definition) is 2. The zero-order chi connectivity index (χ0) is 25.9. The van der Waals surface area contributed by atoms with Crippen LogP contribution < -0.4 is 15.0 Å². The van der Waals surface area contributed by atoms with Crippen LogP contribution in [0.25, 0.3) is 0 Å². The SMILES string of the molecule is O=C(NC(Cc1ccc(OCCC2CCN(c3ccncc3)CC2)cc1)C(=O)O)OCc1ccccc1. The molecule has 0 aliphatic carbocycles. The predicted molar refractivity (Wildman–Crippen MR) is 141 cm³/mol. The number of pyridine rings is 1. The van der Waals surface area contributed by atoms with E-state index in [0.717, 1.165) is 49.2 Å². The first-order valence-corrected chi connectivity index (χ1v) is 12.6. The second kappa shape index (κ2) is 13.3. The van der Waals surface area contributed by atoms with Gasteiger partial charge in [-0.1, -0.05) is 42.5 Å². The second-order valence-electron chi connectivity index (χ2n) is 9.22. The van der Waals surface area contributed by atoms with Crippen molar-refractivity contribution in [2.24, 2.45) is 5.92 Å². The van der Waals surface area contributed by atoms with Gasteiger partial charge in [0.05, 0.1) is 6.61 Å². The van der Waals surface area contributed by atoms with Crippen molar-refractivity contribution in [1.82, 2.24) is 10.3 Å². The highest BCUT2D eigenvalue weighted by atomic mass is 16.5. The number of carbonyl (C=O) groups excluding carboxylic acids is 1. The number of aromatic nitrogens is 1. The van der Waals surface area contributed by atoms with Gasteiger partial charge in [-0.2, -0.15) is 0 Å². The van der Waals surface area contributed by atoms with Gasteiger partial charge < -0.3 is 24.8 Å². The zero-order valence-corrected chi connectivity index (χ0v) is 20.8. The molecule has 4 rings (SSSR count). The molecule has 2 heterocycles. The number of carboxylic acid groups (broad SMARTS) is 1. The van der Waals surface area contributed by atoms with Crippen molar-refractivity contribution in [2.75, 3.05) is 24.6 Å². The maximum atomic E-state index is 12.1. The van der Waals surface area contributed by atoms with Crippen molar-refractivity contribution in [3.8, 4) is 5.75 Å². The first-order valence-electron chi connectivity index (χ1n) is 12.6. The summed E-state index contributed by atoms with van der Waals surface area (Å²) in [4.78, 5) is 30.3. The highest BCUT2D eigenvalue weighted by Gasteiger charge is 2.22. The van der Waals surface area contributed by atoms with Crippen molar-refractivity contribution in [3.05, 3.63) is 90.3 Å². The summed E-state index contributed by atoms with van der Waals surface area (Å²) in [5, 5.41) is 12.0. The third kappa shape index (κ3) is 8.24.